The van der Waals surface area contributed by atoms with Crippen molar-refractivity contribution in [2.45, 2.75) is 6.92 Å². The van der Waals surface area contributed by atoms with Gasteiger partial charge in [0.15, 0.2) is 0 Å². The van der Waals surface area contributed by atoms with Gasteiger partial charge in [-0.2, -0.15) is 15.3 Å². The zero-order valence-corrected chi connectivity index (χ0v) is 9.01. The number of nitrogens with two attached hydrogens (primary N) is 1. The average molecular weight is 217 g/mol. The van der Waals surface area contributed by atoms with E-state index in [1.165, 1.54) is 4.68 Å². The Morgan fingerprint density at radius 1 is 1.50 bits per heavy atom. The van der Waals surface area contributed by atoms with Crippen LogP contribution in [0.3, 0.4) is 0 Å². The number of rotatable bonds is 2. The molecule has 0 fully saturated rings. The molecule has 6 heteroatoms. The van der Waals surface area contributed by atoms with E-state index in [4.69, 9.17) is 5.73 Å². The molecule has 16 heavy (non-hydrogen) atoms. The van der Waals surface area contributed by atoms with Crippen LogP contribution >= 0.6 is 0 Å². The summed E-state index contributed by atoms with van der Waals surface area (Å²) in [6.45, 7) is 1.89. The third-order valence-electron chi connectivity index (χ3n) is 2.35. The summed E-state index contributed by atoms with van der Waals surface area (Å²) in [7, 11) is 1.66. The fourth-order valence-electron chi connectivity index (χ4n) is 1.56. The summed E-state index contributed by atoms with van der Waals surface area (Å²) >= 11 is 0. The largest absolute Gasteiger partial charge is 0.364 e. The van der Waals surface area contributed by atoms with Gasteiger partial charge in [-0.05, 0) is 18.6 Å². The van der Waals surface area contributed by atoms with Crippen molar-refractivity contribution in [2.75, 3.05) is 0 Å². The van der Waals surface area contributed by atoms with Crippen LogP contribution in [0.5, 0.6) is 0 Å². The summed E-state index contributed by atoms with van der Waals surface area (Å²) in [5, 5.41) is 11.8. The molecular formula is C10H11N5O. The van der Waals surface area contributed by atoms with E-state index in [-0.39, 0.29) is 0 Å². The molecule has 1 amide bonds. The van der Waals surface area contributed by atoms with Crippen molar-refractivity contribution >= 4 is 5.91 Å². The van der Waals surface area contributed by atoms with Gasteiger partial charge in [0.1, 0.15) is 5.69 Å². The molecule has 2 aromatic heterocycles. The quantitative estimate of drug-likeness (QED) is 0.782. The van der Waals surface area contributed by atoms with E-state index in [9.17, 15) is 4.79 Å². The van der Waals surface area contributed by atoms with E-state index in [1.807, 2.05) is 13.0 Å². The molecule has 2 heterocycles. The van der Waals surface area contributed by atoms with Gasteiger partial charge in [-0.15, -0.1) is 0 Å². The average Bonchev–Trinajstić information content (AvgIpc) is 2.61. The molecule has 0 unspecified atom stereocenters. The first-order chi connectivity index (χ1) is 7.61. The minimum atomic E-state index is -0.528. The molecule has 0 aliphatic carbocycles. The van der Waals surface area contributed by atoms with Crippen molar-refractivity contribution in [3.05, 3.63) is 29.7 Å². The molecular weight excluding hydrogens is 206 g/mol. The highest BCUT2D eigenvalue weighted by Crippen LogP contribution is 2.22. The Hall–Kier alpha value is -2.24. The van der Waals surface area contributed by atoms with Crippen LogP contribution < -0.4 is 5.73 Å². The molecule has 2 aromatic rings. The Balaban J connectivity index is 2.66. The number of primary amides is 1. The van der Waals surface area contributed by atoms with Crippen LogP contribution in [0.1, 0.15) is 16.1 Å². The molecule has 0 saturated heterocycles. The van der Waals surface area contributed by atoms with Crippen LogP contribution in [0.4, 0.5) is 0 Å². The van der Waals surface area contributed by atoms with Crippen molar-refractivity contribution in [3.8, 4) is 11.3 Å². The summed E-state index contributed by atoms with van der Waals surface area (Å²) in [4.78, 5) is 11.3. The number of aromatic nitrogens is 4. The fraction of sp³-hybridized carbons (Fsp3) is 0.200. The molecule has 82 valence electrons. The predicted octanol–water partition coefficient (Wildman–Crippen LogP) is 0.284. The molecule has 0 spiro atoms. The Labute approximate surface area is 92.1 Å². The molecule has 2 N–H and O–H groups in total. The van der Waals surface area contributed by atoms with Crippen LogP contribution in [0.2, 0.25) is 0 Å². The molecule has 2 rings (SSSR count). The lowest BCUT2D eigenvalue weighted by Crippen LogP contribution is -2.17. The van der Waals surface area contributed by atoms with Gasteiger partial charge in [0.05, 0.1) is 17.5 Å². The van der Waals surface area contributed by atoms with Gasteiger partial charge in [-0.1, -0.05) is 0 Å². The van der Waals surface area contributed by atoms with E-state index >= 15 is 0 Å². The van der Waals surface area contributed by atoms with Gasteiger partial charge in [0.2, 0.25) is 0 Å². The molecule has 0 saturated carbocycles. The first-order valence-electron chi connectivity index (χ1n) is 4.71. The van der Waals surface area contributed by atoms with Gasteiger partial charge in [0.25, 0.3) is 5.91 Å². The lowest BCUT2D eigenvalue weighted by molar-refractivity contribution is 0.0992. The van der Waals surface area contributed by atoms with Crippen LogP contribution in [-0.2, 0) is 7.05 Å². The van der Waals surface area contributed by atoms with Gasteiger partial charge in [-0.25, -0.2) is 0 Å². The molecule has 6 nitrogen and oxygen atoms in total. The van der Waals surface area contributed by atoms with Crippen molar-refractivity contribution in [1.82, 2.24) is 20.0 Å². The topological polar surface area (TPSA) is 86.7 Å². The second kappa shape index (κ2) is 3.73. The van der Waals surface area contributed by atoms with Crippen LogP contribution in [0.25, 0.3) is 11.3 Å². The number of nitrogens with zero attached hydrogens (tertiary/aromatic N) is 4. The summed E-state index contributed by atoms with van der Waals surface area (Å²) in [6.07, 6.45) is 3.16. The Morgan fingerprint density at radius 2 is 2.25 bits per heavy atom. The normalized spacial score (nSPS) is 10.4. The maximum Gasteiger partial charge on any atom is 0.267 e. The SMILES string of the molecule is Cc1ccnnc1-c1cnn(C)c1C(N)=O. The standard InChI is InChI=1S/C10H11N5O/c1-6-3-4-12-14-8(6)7-5-13-15(2)9(7)10(11)16/h3-5H,1-2H3,(H2,11,16). The number of carbonyl (C=O) groups is 1. The number of carbonyl (C=O) groups excluding carboxylic acids is 1. The third-order valence-corrected chi connectivity index (χ3v) is 2.35. The summed E-state index contributed by atoms with van der Waals surface area (Å²) in [5.74, 6) is -0.528. The van der Waals surface area contributed by atoms with Gasteiger partial charge >= 0.3 is 0 Å². The zero-order chi connectivity index (χ0) is 11.7. The van der Waals surface area contributed by atoms with Crippen LogP contribution in [0, 0.1) is 6.92 Å². The van der Waals surface area contributed by atoms with Crippen LogP contribution in [-0.4, -0.2) is 25.9 Å². The Kier molecular flexibility index (Phi) is 2.40. The Morgan fingerprint density at radius 3 is 2.88 bits per heavy atom. The molecule has 0 aromatic carbocycles. The molecule has 0 aliphatic rings. The number of hydrogen-bond donors (Lipinski definition) is 1. The maximum absolute atomic E-state index is 11.3. The third kappa shape index (κ3) is 1.54. The van der Waals surface area contributed by atoms with Crippen molar-refractivity contribution < 1.29 is 4.79 Å². The summed E-state index contributed by atoms with van der Waals surface area (Å²) in [6, 6.07) is 1.82. The minimum absolute atomic E-state index is 0.337. The van der Waals surface area contributed by atoms with Gasteiger partial charge < -0.3 is 5.73 Å². The first kappa shape index (κ1) is 10.3. The number of hydrogen-bond acceptors (Lipinski definition) is 4. The molecule has 0 bridgehead atoms. The van der Waals surface area contributed by atoms with E-state index in [2.05, 4.69) is 15.3 Å². The highest BCUT2D eigenvalue weighted by Gasteiger charge is 2.17. The zero-order valence-electron chi connectivity index (χ0n) is 9.01. The van der Waals surface area contributed by atoms with Crippen molar-refractivity contribution in [3.63, 3.8) is 0 Å². The summed E-state index contributed by atoms with van der Waals surface area (Å²) in [5.41, 5.74) is 7.80. The van der Waals surface area contributed by atoms with Crippen LogP contribution in [0.15, 0.2) is 18.5 Å². The van der Waals surface area contributed by atoms with Gasteiger partial charge in [-0.3, -0.25) is 9.48 Å². The van der Waals surface area contributed by atoms with Crippen molar-refractivity contribution in [1.29, 1.82) is 0 Å². The lowest BCUT2D eigenvalue weighted by atomic mass is 10.1. The fourth-order valence-corrected chi connectivity index (χ4v) is 1.56. The second-order valence-electron chi connectivity index (χ2n) is 3.46. The van der Waals surface area contributed by atoms with E-state index in [1.54, 1.807) is 19.4 Å². The lowest BCUT2D eigenvalue weighted by Gasteiger charge is -2.03. The van der Waals surface area contributed by atoms with E-state index < -0.39 is 5.91 Å². The minimum Gasteiger partial charge on any atom is -0.364 e. The summed E-state index contributed by atoms with van der Waals surface area (Å²) < 4.78 is 1.44. The smallest absolute Gasteiger partial charge is 0.267 e. The predicted molar refractivity (Wildman–Crippen MR) is 57.5 cm³/mol. The monoisotopic (exact) mass is 217 g/mol. The highest BCUT2D eigenvalue weighted by atomic mass is 16.1. The van der Waals surface area contributed by atoms with Crippen molar-refractivity contribution in [2.24, 2.45) is 12.8 Å². The Bertz CT molecular complexity index is 546. The second-order valence-corrected chi connectivity index (χ2v) is 3.46. The number of amides is 1. The molecule has 0 atom stereocenters. The van der Waals surface area contributed by atoms with E-state index in [0.29, 0.717) is 17.0 Å². The van der Waals surface area contributed by atoms with E-state index in [0.717, 1.165) is 5.56 Å². The maximum atomic E-state index is 11.3. The molecule has 0 radical (unpaired) electrons. The highest BCUT2D eigenvalue weighted by molar-refractivity contribution is 5.97. The molecule has 0 aliphatic heterocycles. The number of aryl methyl sites for hydroxylation is 2. The van der Waals surface area contributed by atoms with Gasteiger partial charge in [0, 0.05) is 13.2 Å². The first-order valence-corrected chi connectivity index (χ1v) is 4.71.